The van der Waals surface area contributed by atoms with Crippen LogP contribution in [0.3, 0.4) is 0 Å². The zero-order chi connectivity index (χ0) is 17.1. The van der Waals surface area contributed by atoms with Crippen molar-refractivity contribution in [3.05, 3.63) is 45.7 Å². The second kappa shape index (κ2) is 7.12. The molecule has 0 radical (unpaired) electrons. The number of H-pyrrole nitrogens is 1. The summed E-state index contributed by atoms with van der Waals surface area (Å²) < 4.78 is 5.65. The summed E-state index contributed by atoms with van der Waals surface area (Å²) in [7, 11) is 1.71. The molecule has 1 fully saturated rings. The van der Waals surface area contributed by atoms with E-state index in [1.54, 1.807) is 7.11 Å². The predicted octanol–water partition coefficient (Wildman–Crippen LogP) is 3.91. The molecule has 24 heavy (non-hydrogen) atoms. The first-order valence-electron chi connectivity index (χ1n) is 8.80. The number of hydrogen-bond acceptors (Lipinski definition) is 3. The minimum absolute atomic E-state index is 0.0266. The highest BCUT2D eigenvalue weighted by Gasteiger charge is 2.17. The number of piperidine rings is 1. The molecule has 2 aromatic rings. The van der Waals surface area contributed by atoms with Crippen LogP contribution in [0.1, 0.15) is 37.3 Å². The van der Waals surface area contributed by atoms with E-state index < -0.39 is 0 Å². The topological polar surface area (TPSA) is 45.3 Å². The molecule has 3 rings (SSSR count). The molecule has 1 aromatic carbocycles. The Balaban J connectivity index is 2.04. The molecule has 1 aliphatic rings. The summed E-state index contributed by atoms with van der Waals surface area (Å²) in [4.78, 5) is 17.5. The van der Waals surface area contributed by atoms with Gasteiger partial charge in [-0.15, -0.1) is 0 Å². The highest BCUT2D eigenvalue weighted by Crippen LogP contribution is 2.35. The van der Waals surface area contributed by atoms with E-state index in [0.29, 0.717) is 0 Å². The number of nitrogens with one attached hydrogen (secondary N) is 1. The van der Waals surface area contributed by atoms with Gasteiger partial charge in [0.05, 0.1) is 18.5 Å². The van der Waals surface area contributed by atoms with E-state index in [1.165, 1.54) is 19.3 Å². The predicted molar refractivity (Wildman–Crippen MR) is 99.2 cm³/mol. The maximum atomic E-state index is 12.1. The molecular formula is C20H26N2O2. The Bertz CT molecular complexity index is 774. The van der Waals surface area contributed by atoms with Crippen LogP contribution in [-0.2, 0) is 6.42 Å². The lowest BCUT2D eigenvalue weighted by Gasteiger charge is -2.30. The minimum atomic E-state index is -0.0266. The lowest BCUT2D eigenvalue weighted by molar-refractivity contribution is 0.413. The third-order valence-corrected chi connectivity index (χ3v) is 4.85. The zero-order valence-electron chi connectivity index (χ0n) is 14.8. The van der Waals surface area contributed by atoms with Gasteiger partial charge < -0.3 is 14.6 Å². The molecule has 0 saturated carbocycles. The van der Waals surface area contributed by atoms with Crippen molar-refractivity contribution in [1.29, 1.82) is 0 Å². The lowest BCUT2D eigenvalue weighted by Crippen LogP contribution is -2.29. The first-order valence-corrected chi connectivity index (χ1v) is 8.80. The Kier molecular flexibility index (Phi) is 4.93. The van der Waals surface area contributed by atoms with Crippen LogP contribution in [0.4, 0.5) is 5.69 Å². The summed E-state index contributed by atoms with van der Waals surface area (Å²) in [6.45, 7) is 6.12. The van der Waals surface area contributed by atoms with Crippen molar-refractivity contribution in [3.63, 3.8) is 0 Å². The molecule has 4 nitrogen and oxygen atoms in total. The molecule has 0 amide bonds. The largest absolute Gasteiger partial charge is 0.495 e. The highest BCUT2D eigenvalue weighted by molar-refractivity contribution is 5.71. The summed E-state index contributed by atoms with van der Waals surface area (Å²) in [5, 5.41) is 0. The van der Waals surface area contributed by atoms with Gasteiger partial charge in [0.15, 0.2) is 0 Å². The standard InChI is InChI=1S/C20H26N2O2/c1-4-15-12-14(2)20(23)21-19(15)16-8-9-17(18(13-16)24-3)22-10-6-5-7-11-22/h8-9,12-13H,4-7,10-11H2,1-3H3,(H,21,23). The normalized spacial score (nSPS) is 14.7. The van der Waals surface area contributed by atoms with Crippen molar-refractivity contribution in [2.24, 2.45) is 0 Å². The third-order valence-electron chi connectivity index (χ3n) is 4.85. The van der Waals surface area contributed by atoms with E-state index in [1.807, 2.05) is 19.1 Å². The van der Waals surface area contributed by atoms with Crippen LogP contribution in [0.2, 0.25) is 0 Å². The van der Waals surface area contributed by atoms with E-state index in [9.17, 15) is 4.79 Å². The number of ether oxygens (including phenoxy) is 1. The fourth-order valence-corrected chi connectivity index (χ4v) is 3.46. The second-order valence-corrected chi connectivity index (χ2v) is 6.47. The zero-order valence-corrected chi connectivity index (χ0v) is 14.8. The Morgan fingerprint density at radius 3 is 2.58 bits per heavy atom. The molecule has 0 bridgehead atoms. The van der Waals surface area contributed by atoms with Gasteiger partial charge in [-0.1, -0.05) is 13.0 Å². The number of pyridine rings is 1. The smallest absolute Gasteiger partial charge is 0.251 e. The average molecular weight is 326 g/mol. The number of hydrogen-bond donors (Lipinski definition) is 1. The molecule has 0 aliphatic carbocycles. The number of nitrogens with zero attached hydrogens (tertiary/aromatic N) is 1. The first-order chi connectivity index (χ1) is 11.6. The van der Waals surface area contributed by atoms with Crippen molar-refractivity contribution in [1.82, 2.24) is 4.98 Å². The van der Waals surface area contributed by atoms with E-state index in [0.717, 1.165) is 53.3 Å². The SMILES string of the molecule is CCc1cc(C)c(=O)[nH]c1-c1ccc(N2CCCCC2)c(OC)c1. The summed E-state index contributed by atoms with van der Waals surface area (Å²) in [5.74, 6) is 0.873. The van der Waals surface area contributed by atoms with Crippen LogP contribution in [0.5, 0.6) is 5.75 Å². The Morgan fingerprint density at radius 2 is 1.92 bits per heavy atom. The van der Waals surface area contributed by atoms with Crippen molar-refractivity contribution in [3.8, 4) is 17.0 Å². The van der Waals surface area contributed by atoms with Gasteiger partial charge in [-0.05, 0) is 56.4 Å². The molecule has 2 heterocycles. The van der Waals surface area contributed by atoms with Crippen molar-refractivity contribution in [2.75, 3.05) is 25.1 Å². The van der Waals surface area contributed by atoms with Gasteiger partial charge in [-0.3, -0.25) is 4.79 Å². The second-order valence-electron chi connectivity index (χ2n) is 6.47. The van der Waals surface area contributed by atoms with E-state index in [4.69, 9.17) is 4.74 Å². The fourth-order valence-electron chi connectivity index (χ4n) is 3.46. The average Bonchev–Trinajstić information content (AvgIpc) is 2.63. The number of anilines is 1. The molecule has 0 atom stereocenters. The minimum Gasteiger partial charge on any atom is -0.495 e. The molecule has 1 aromatic heterocycles. The molecule has 1 saturated heterocycles. The Hall–Kier alpha value is -2.23. The van der Waals surface area contributed by atoms with Crippen LogP contribution >= 0.6 is 0 Å². The Labute approximate surface area is 143 Å². The van der Waals surface area contributed by atoms with Crippen molar-refractivity contribution >= 4 is 5.69 Å². The lowest BCUT2D eigenvalue weighted by atomic mass is 10.0. The van der Waals surface area contributed by atoms with Gasteiger partial charge in [0, 0.05) is 24.2 Å². The summed E-state index contributed by atoms with van der Waals surface area (Å²) >= 11 is 0. The Morgan fingerprint density at radius 1 is 1.17 bits per heavy atom. The molecule has 1 N–H and O–H groups in total. The summed E-state index contributed by atoms with van der Waals surface area (Å²) in [6, 6.07) is 8.24. The van der Waals surface area contributed by atoms with Crippen molar-refractivity contribution in [2.45, 2.75) is 39.5 Å². The van der Waals surface area contributed by atoms with Gasteiger partial charge in [-0.2, -0.15) is 0 Å². The maximum absolute atomic E-state index is 12.1. The molecule has 1 aliphatic heterocycles. The van der Waals surface area contributed by atoms with Crippen molar-refractivity contribution < 1.29 is 4.74 Å². The summed E-state index contributed by atoms with van der Waals surface area (Å²) in [6.07, 6.45) is 4.65. The number of rotatable bonds is 4. The number of aromatic amines is 1. The van der Waals surface area contributed by atoms with Crippen LogP contribution in [0, 0.1) is 6.92 Å². The third kappa shape index (κ3) is 3.18. The van der Waals surface area contributed by atoms with Gasteiger partial charge in [0.2, 0.25) is 0 Å². The maximum Gasteiger partial charge on any atom is 0.251 e. The van der Waals surface area contributed by atoms with E-state index >= 15 is 0 Å². The number of benzene rings is 1. The number of aromatic nitrogens is 1. The van der Waals surface area contributed by atoms with Gasteiger partial charge in [0.25, 0.3) is 5.56 Å². The number of methoxy groups -OCH3 is 1. The quantitative estimate of drug-likeness (QED) is 0.926. The first kappa shape index (κ1) is 16.6. The van der Waals surface area contributed by atoms with Gasteiger partial charge >= 0.3 is 0 Å². The molecule has 0 unspecified atom stereocenters. The van der Waals surface area contributed by atoms with Gasteiger partial charge in [0.1, 0.15) is 5.75 Å². The van der Waals surface area contributed by atoms with E-state index in [2.05, 4.69) is 28.9 Å². The van der Waals surface area contributed by atoms with Gasteiger partial charge in [-0.25, -0.2) is 0 Å². The molecular weight excluding hydrogens is 300 g/mol. The van der Waals surface area contributed by atoms with Crippen LogP contribution < -0.4 is 15.2 Å². The summed E-state index contributed by atoms with van der Waals surface area (Å²) in [5.41, 5.74) is 4.93. The monoisotopic (exact) mass is 326 g/mol. The fraction of sp³-hybridized carbons (Fsp3) is 0.450. The van der Waals surface area contributed by atoms with Crippen LogP contribution in [0.25, 0.3) is 11.3 Å². The molecule has 128 valence electrons. The number of aryl methyl sites for hydroxylation is 2. The molecule has 4 heteroatoms. The van der Waals surface area contributed by atoms with E-state index in [-0.39, 0.29) is 5.56 Å². The highest BCUT2D eigenvalue weighted by atomic mass is 16.5. The molecule has 0 spiro atoms. The van der Waals surface area contributed by atoms with Crippen LogP contribution in [-0.4, -0.2) is 25.2 Å². The van der Waals surface area contributed by atoms with Crippen LogP contribution in [0.15, 0.2) is 29.1 Å².